The van der Waals surface area contributed by atoms with Gasteiger partial charge in [-0.3, -0.25) is 0 Å². The van der Waals surface area contributed by atoms with Crippen LogP contribution in [-0.4, -0.2) is 50.2 Å². The van der Waals surface area contributed by atoms with Gasteiger partial charge in [-0.2, -0.15) is 0 Å². The lowest BCUT2D eigenvalue weighted by molar-refractivity contribution is 0.113. The molecule has 110 valence electrons. The van der Waals surface area contributed by atoms with Gasteiger partial charge in [-0.05, 0) is 12.8 Å². The third-order valence-corrected chi connectivity index (χ3v) is 4.18. The maximum absolute atomic E-state index is 12.1. The smallest absolute Gasteiger partial charge is 0.317 e. The summed E-state index contributed by atoms with van der Waals surface area (Å²) in [6.07, 6.45) is 7.67. The highest BCUT2D eigenvalue weighted by Gasteiger charge is 2.33. The molecular weight excluding hydrogens is 258 g/mol. The Balaban J connectivity index is 1.45. The van der Waals surface area contributed by atoms with Crippen LogP contribution in [-0.2, 0) is 6.61 Å². The van der Waals surface area contributed by atoms with Gasteiger partial charge < -0.3 is 15.3 Å². The number of rotatable bonds is 3. The zero-order chi connectivity index (χ0) is 13.9. The molecule has 2 fully saturated rings. The van der Waals surface area contributed by atoms with E-state index in [1.165, 1.54) is 19.3 Å². The minimum absolute atomic E-state index is 0.0376. The van der Waals surface area contributed by atoms with Crippen LogP contribution in [0.2, 0.25) is 0 Å². The molecule has 0 radical (unpaired) electrons. The van der Waals surface area contributed by atoms with Gasteiger partial charge >= 0.3 is 6.03 Å². The van der Waals surface area contributed by atoms with E-state index in [4.69, 9.17) is 5.11 Å². The topological polar surface area (TPSA) is 83.3 Å². The number of nitrogens with one attached hydrogen (secondary N) is 1. The van der Waals surface area contributed by atoms with Gasteiger partial charge in [0.05, 0.1) is 18.8 Å². The summed E-state index contributed by atoms with van der Waals surface area (Å²) in [6.45, 7) is 1.22. The largest absolute Gasteiger partial charge is 0.390 e. The van der Waals surface area contributed by atoms with Crippen LogP contribution >= 0.6 is 0 Å². The Morgan fingerprint density at radius 3 is 2.75 bits per heavy atom. The first-order valence-corrected chi connectivity index (χ1v) is 7.33. The number of likely N-dealkylation sites (tertiary alicyclic amines) is 1. The van der Waals surface area contributed by atoms with E-state index in [9.17, 15) is 4.79 Å². The van der Waals surface area contributed by atoms with Crippen molar-refractivity contribution in [3.05, 3.63) is 11.9 Å². The molecule has 7 nitrogen and oxygen atoms in total. The van der Waals surface area contributed by atoms with E-state index in [1.807, 2.05) is 0 Å². The molecule has 1 aromatic heterocycles. The summed E-state index contributed by atoms with van der Waals surface area (Å²) >= 11 is 0. The number of carbonyl (C=O) groups is 1. The fraction of sp³-hybridized carbons (Fsp3) is 0.769. The van der Waals surface area contributed by atoms with Gasteiger partial charge in [0.15, 0.2) is 0 Å². The highest BCUT2D eigenvalue weighted by Crippen LogP contribution is 2.22. The van der Waals surface area contributed by atoms with Crippen molar-refractivity contribution in [3.63, 3.8) is 0 Å². The van der Waals surface area contributed by atoms with E-state index in [0.717, 1.165) is 12.8 Å². The third kappa shape index (κ3) is 2.77. The Bertz CT molecular complexity index is 463. The van der Waals surface area contributed by atoms with Crippen LogP contribution in [0.1, 0.15) is 43.8 Å². The second-order valence-corrected chi connectivity index (χ2v) is 5.69. The van der Waals surface area contributed by atoms with Gasteiger partial charge in [0, 0.05) is 19.1 Å². The van der Waals surface area contributed by atoms with Crippen molar-refractivity contribution in [1.82, 2.24) is 25.2 Å². The Kier molecular flexibility index (Phi) is 3.86. The van der Waals surface area contributed by atoms with Crippen LogP contribution in [0.3, 0.4) is 0 Å². The van der Waals surface area contributed by atoms with Crippen molar-refractivity contribution >= 4 is 6.03 Å². The summed E-state index contributed by atoms with van der Waals surface area (Å²) in [4.78, 5) is 13.9. The van der Waals surface area contributed by atoms with E-state index in [-0.39, 0.29) is 18.7 Å². The van der Waals surface area contributed by atoms with Gasteiger partial charge in [-0.15, -0.1) is 5.10 Å². The lowest BCUT2D eigenvalue weighted by atomic mass is 9.95. The second kappa shape index (κ2) is 5.78. The molecule has 20 heavy (non-hydrogen) atoms. The quantitative estimate of drug-likeness (QED) is 0.852. The summed E-state index contributed by atoms with van der Waals surface area (Å²) < 4.78 is 1.73. The predicted octanol–water partition coefficient (Wildman–Crippen LogP) is 0.669. The molecule has 3 rings (SSSR count). The van der Waals surface area contributed by atoms with E-state index in [1.54, 1.807) is 15.8 Å². The minimum atomic E-state index is -0.0986. The number of aliphatic hydroxyl groups is 1. The van der Waals surface area contributed by atoms with E-state index >= 15 is 0 Å². The first-order chi connectivity index (χ1) is 9.76. The number of hydrogen-bond donors (Lipinski definition) is 2. The molecule has 7 heteroatoms. The SMILES string of the molecule is O=C(NC1CCCCC1)N1CC(n2cc(CO)nn2)C1. The molecule has 1 aliphatic heterocycles. The maximum Gasteiger partial charge on any atom is 0.317 e. The molecule has 0 atom stereocenters. The van der Waals surface area contributed by atoms with Crippen LogP contribution in [0.4, 0.5) is 4.79 Å². The molecular formula is C13H21N5O2. The number of amides is 2. The molecule has 0 spiro atoms. The highest BCUT2D eigenvalue weighted by atomic mass is 16.3. The lowest BCUT2D eigenvalue weighted by Gasteiger charge is -2.39. The molecule has 0 bridgehead atoms. The van der Waals surface area contributed by atoms with Gasteiger partial charge in [0.2, 0.25) is 0 Å². The number of hydrogen-bond acceptors (Lipinski definition) is 4. The molecule has 1 aromatic rings. The number of carbonyl (C=O) groups excluding carboxylic acids is 1. The van der Waals surface area contributed by atoms with Crippen molar-refractivity contribution in [3.8, 4) is 0 Å². The summed E-state index contributed by atoms with van der Waals surface area (Å²) in [7, 11) is 0. The second-order valence-electron chi connectivity index (χ2n) is 5.69. The van der Waals surface area contributed by atoms with Crippen molar-refractivity contribution in [1.29, 1.82) is 0 Å². The first kappa shape index (κ1) is 13.4. The predicted molar refractivity (Wildman–Crippen MR) is 72.0 cm³/mol. The molecule has 2 aliphatic rings. The molecule has 2 amide bonds. The molecule has 2 N–H and O–H groups in total. The third-order valence-electron chi connectivity index (χ3n) is 4.18. The normalized spacial score (nSPS) is 20.8. The monoisotopic (exact) mass is 279 g/mol. The number of urea groups is 1. The molecule has 1 saturated heterocycles. The Morgan fingerprint density at radius 1 is 1.35 bits per heavy atom. The first-order valence-electron chi connectivity index (χ1n) is 7.33. The van der Waals surface area contributed by atoms with Gasteiger partial charge in [0.1, 0.15) is 5.69 Å². The van der Waals surface area contributed by atoms with Crippen LogP contribution in [0.5, 0.6) is 0 Å². The van der Waals surface area contributed by atoms with E-state index in [0.29, 0.717) is 24.8 Å². The fourth-order valence-corrected chi connectivity index (χ4v) is 2.87. The zero-order valence-corrected chi connectivity index (χ0v) is 11.5. The average Bonchev–Trinajstić information content (AvgIpc) is 2.87. The minimum Gasteiger partial charge on any atom is -0.390 e. The van der Waals surface area contributed by atoms with Crippen LogP contribution in [0, 0.1) is 0 Å². The lowest BCUT2D eigenvalue weighted by Crippen LogP contribution is -2.56. The maximum atomic E-state index is 12.1. The van der Waals surface area contributed by atoms with Crippen molar-refractivity contribution in [2.45, 2.75) is 50.8 Å². The van der Waals surface area contributed by atoms with Crippen molar-refractivity contribution in [2.75, 3.05) is 13.1 Å². The summed E-state index contributed by atoms with van der Waals surface area (Å²) in [6, 6.07) is 0.568. The van der Waals surface area contributed by atoms with Crippen LogP contribution in [0.15, 0.2) is 6.20 Å². The Labute approximate surface area is 117 Å². The van der Waals surface area contributed by atoms with Gasteiger partial charge in [-0.1, -0.05) is 24.5 Å². The van der Waals surface area contributed by atoms with Crippen molar-refractivity contribution in [2.24, 2.45) is 0 Å². The molecule has 1 saturated carbocycles. The Hall–Kier alpha value is -1.63. The standard InChI is InChI=1S/C13H21N5O2/c19-9-11-6-18(16-15-11)12-7-17(8-12)13(20)14-10-4-2-1-3-5-10/h6,10,12,19H,1-5,7-9H2,(H,14,20). The molecule has 0 aromatic carbocycles. The highest BCUT2D eigenvalue weighted by molar-refractivity contribution is 5.75. The number of aromatic nitrogens is 3. The van der Waals surface area contributed by atoms with E-state index < -0.39 is 0 Å². The van der Waals surface area contributed by atoms with Gasteiger partial charge in [0.25, 0.3) is 0 Å². The Morgan fingerprint density at radius 2 is 2.10 bits per heavy atom. The fourth-order valence-electron chi connectivity index (χ4n) is 2.87. The average molecular weight is 279 g/mol. The van der Waals surface area contributed by atoms with Crippen LogP contribution in [0.25, 0.3) is 0 Å². The van der Waals surface area contributed by atoms with Crippen LogP contribution < -0.4 is 5.32 Å². The zero-order valence-electron chi connectivity index (χ0n) is 11.5. The van der Waals surface area contributed by atoms with Gasteiger partial charge in [-0.25, -0.2) is 9.48 Å². The van der Waals surface area contributed by atoms with Crippen molar-refractivity contribution < 1.29 is 9.90 Å². The number of nitrogens with zero attached hydrogens (tertiary/aromatic N) is 4. The summed E-state index contributed by atoms with van der Waals surface area (Å²) in [5, 5.41) is 19.9. The molecule has 2 heterocycles. The summed E-state index contributed by atoms with van der Waals surface area (Å²) in [5.74, 6) is 0. The summed E-state index contributed by atoms with van der Waals surface area (Å²) in [5.41, 5.74) is 0.565. The molecule has 1 aliphatic carbocycles. The number of aliphatic hydroxyl groups excluding tert-OH is 1. The van der Waals surface area contributed by atoms with E-state index in [2.05, 4.69) is 15.6 Å². The molecule has 0 unspecified atom stereocenters.